The molecule has 0 fully saturated rings. The molecular weight excluding hydrogens is 417 g/mol. The van der Waals surface area contributed by atoms with Crippen molar-refractivity contribution in [1.29, 1.82) is 0 Å². The van der Waals surface area contributed by atoms with Gasteiger partial charge in [-0.2, -0.15) is 0 Å². The summed E-state index contributed by atoms with van der Waals surface area (Å²) in [5.74, 6) is -3.34. The lowest BCUT2D eigenvalue weighted by Crippen LogP contribution is -2.20. The average molecular weight is 434 g/mol. The van der Waals surface area contributed by atoms with Gasteiger partial charge in [-0.25, -0.2) is 13.2 Å². The smallest absolute Gasteiger partial charge is 0.243 e. The summed E-state index contributed by atoms with van der Waals surface area (Å²) in [7, 11) is 0. The third kappa shape index (κ3) is 4.18. The molecular formula is C25H17F3N2O2. The molecule has 4 nitrogen and oxygen atoms in total. The van der Waals surface area contributed by atoms with Gasteiger partial charge in [-0.05, 0) is 35.9 Å². The first-order chi connectivity index (χ1) is 15.5. The van der Waals surface area contributed by atoms with Gasteiger partial charge in [-0.1, -0.05) is 43.0 Å². The minimum absolute atomic E-state index is 0.0477. The number of carbonyl (C=O) groups is 1. The Bertz CT molecular complexity index is 1320. The number of fused-ring (bicyclic) bond motifs is 1. The Morgan fingerprint density at radius 3 is 2.41 bits per heavy atom. The van der Waals surface area contributed by atoms with E-state index in [0.29, 0.717) is 22.8 Å². The van der Waals surface area contributed by atoms with Crippen LogP contribution in [0.4, 0.5) is 13.2 Å². The van der Waals surface area contributed by atoms with Crippen molar-refractivity contribution in [2.45, 2.75) is 6.54 Å². The molecule has 1 amide bonds. The summed E-state index contributed by atoms with van der Waals surface area (Å²) in [6.45, 7) is 3.66. The summed E-state index contributed by atoms with van der Waals surface area (Å²) in [5, 5.41) is 4.31. The van der Waals surface area contributed by atoms with Gasteiger partial charge in [0.15, 0.2) is 23.2 Å². The van der Waals surface area contributed by atoms with Gasteiger partial charge in [0.2, 0.25) is 5.91 Å². The fourth-order valence-corrected chi connectivity index (χ4v) is 3.27. The standard InChI is InChI=1S/C25H17F3N2O2/c1-2-23(31)30-13-21-18-5-3-4-6-19(18)22(14-29-21)32-16-9-7-15(8-10-16)17-11-12-20(26)25(28)24(17)27/h2-12,14H,1,13H2,(H,30,31). The molecule has 4 rings (SSSR count). The lowest BCUT2D eigenvalue weighted by Gasteiger charge is -2.12. The third-order valence-corrected chi connectivity index (χ3v) is 4.88. The predicted molar refractivity (Wildman–Crippen MR) is 116 cm³/mol. The van der Waals surface area contributed by atoms with Crippen LogP contribution in [-0.2, 0) is 11.3 Å². The maximum absolute atomic E-state index is 14.1. The molecule has 160 valence electrons. The van der Waals surface area contributed by atoms with Gasteiger partial charge in [0.1, 0.15) is 5.75 Å². The molecule has 0 radical (unpaired) electrons. The van der Waals surface area contributed by atoms with Crippen LogP contribution in [0.2, 0.25) is 0 Å². The van der Waals surface area contributed by atoms with Crippen LogP contribution in [-0.4, -0.2) is 10.9 Å². The van der Waals surface area contributed by atoms with Crippen molar-refractivity contribution < 1.29 is 22.7 Å². The van der Waals surface area contributed by atoms with E-state index < -0.39 is 17.5 Å². The Hall–Kier alpha value is -4.13. The van der Waals surface area contributed by atoms with Crippen LogP contribution in [0.15, 0.2) is 79.5 Å². The van der Waals surface area contributed by atoms with E-state index in [0.717, 1.165) is 16.8 Å². The van der Waals surface area contributed by atoms with Gasteiger partial charge in [0, 0.05) is 16.3 Å². The Morgan fingerprint density at radius 1 is 0.969 bits per heavy atom. The average Bonchev–Trinajstić information content (AvgIpc) is 2.82. The molecule has 0 bridgehead atoms. The number of nitrogens with one attached hydrogen (secondary N) is 1. The van der Waals surface area contributed by atoms with Gasteiger partial charge in [0.05, 0.1) is 18.4 Å². The van der Waals surface area contributed by atoms with E-state index in [9.17, 15) is 18.0 Å². The zero-order valence-corrected chi connectivity index (χ0v) is 16.7. The van der Waals surface area contributed by atoms with Crippen molar-refractivity contribution in [2.24, 2.45) is 0 Å². The summed E-state index contributed by atoms with van der Waals surface area (Å²) < 4.78 is 46.7. The fourth-order valence-electron chi connectivity index (χ4n) is 3.27. The minimum Gasteiger partial charge on any atom is -0.455 e. The number of benzene rings is 3. The number of nitrogens with zero attached hydrogens (tertiary/aromatic N) is 1. The molecule has 0 saturated carbocycles. The van der Waals surface area contributed by atoms with Gasteiger partial charge in [0.25, 0.3) is 0 Å². The second kappa shape index (κ2) is 8.93. The quantitative estimate of drug-likeness (QED) is 0.303. The van der Waals surface area contributed by atoms with E-state index in [1.165, 1.54) is 12.1 Å². The lowest BCUT2D eigenvalue weighted by molar-refractivity contribution is -0.116. The number of pyridine rings is 1. The number of halogens is 3. The molecule has 0 saturated heterocycles. The molecule has 1 N–H and O–H groups in total. The monoisotopic (exact) mass is 434 g/mol. The van der Waals surface area contributed by atoms with Crippen LogP contribution >= 0.6 is 0 Å². The summed E-state index contributed by atoms with van der Waals surface area (Å²) in [6.07, 6.45) is 2.75. The molecule has 0 aliphatic carbocycles. The maximum Gasteiger partial charge on any atom is 0.243 e. The molecule has 0 spiro atoms. The van der Waals surface area contributed by atoms with Crippen LogP contribution in [0.5, 0.6) is 11.5 Å². The van der Waals surface area contributed by atoms with Crippen LogP contribution < -0.4 is 10.1 Å². The minimum atomic E-state index is -1.51. The second-order valence-electron chi connectivity index (χ2n) is 6.89. The number of hydrogen-bond donors (Lipinski definition) is 1. The third-order valence-electron chi connectivity index (χ3n) is 4.88. The van der Waals surface area contributed by atoms with Crippen LogP contribution in [0.1, 0.15) is 5.69 Å². The van der Waals surface area contributed by atoms with Crippen molar-refractivity contribution >= 4 is 16.7 Å². The highest BCUT2D eigenvalue weighted by Gasteiger charge is 2.15. The van der Waals surface area contributed by atoms with Gasteiger partial charge in [-0.3, -0.25) is 9.78 Å². The Morgan fingerprint density at radius 2 is 1.69 bits per heavy atom. The Labute approximate surface area is 182 Å². The van der Waals surface area contributed by atoms with Crippen molar-refractivity contribution in [3.05, 3.63) is 103 Å². The van der Waals surface area contributed by atoms with Gasteiger partial charge in [-0.15, -0.1) is 0 Å². The molecule has 0 aliphatic heterocycles. The zero-order chi connectivity index (χ0) is 22.7. The van der Waals surface area contributed by atoms with E-state index >= 15 is 0 Å². The molecule has 32 heavy (non-hydrogen) atoms. The molecule has 1 aromatic heterocycles. The Balaban J connectivity index is 1.61. The highest BCUT2D eigenvalue weighted by atomic mass is 19.2. The number of carbonyl (C=O) groups excluding carboxylic acids is 1. The molecule has 1 heterocycles. The van der Waals surface area contributed by atoms with Crippen LogP contribution in [0, 0.1) is 17.5 Å². The molecule has 7 heteroatoms. The van der Waals surface area contributed by atoms with Crippen LogP contribution in [0.25, 0.3) is 21.9 Å². The SMILES string of the molecule is C=CC(=O)NCc1ncc(Oc2ccc(-c3ccc(F)c(F)c3F)cc2)c2ccccc12. The van der Waals surface area contributed by atoms with E-state index in [1.807, 2.05) is 24.3 Å². The number of hydrogen-bond acceptors (Lipinski definition) is 3. The molecule has 0 atom stereocenters. The summed E-state index contributed by atoms with van der Waals surface area (Å²) >= 11 is 0. The Kier molecular flexibility index (Phi) is 5.89. The number of amides is 1. The van der Waals surface area contributed by atoms with E-state index in [2.05, 4.69) is 16.9 Å². The topological polar surface area (TPSA) is 51.2 Å². The lowest BCUT2D eigenvalue weighted by atomic mass is 10.0. The molecule has 0 aliphatic rings. The van der Waals surface area contributed by atoms with Crippen molar-refractivity contribution in [1.82, 2.24) is 10.3 Å². The van der Waals surface area contributed by atoms with Crippen molar-refractivity contribution in [2.75, 3.05) is 0 Å². The van der Waals surface area contributed by atoms with Gasteiger partial charge < -0.3 is 10.1 Å². The van der Waals surface area contributed by atoms with Crippen molar-refractivity contribution in [3.8, 4) is 22.6 Å². The number of aromatic nitrogens is 1. The zero-order valence-electron chi connectivity index (χ0n) is 16.7. The normalized spacial score (nSPS) is 10.7. The first kappa shape index (κ1) is 21.1. The molecule has 3 aromatic carbocycles. The largest absolute Gasteiger partial charge is 0.455 e. The van der Waals surface area contributed by atoms with E-state index in [-0.39, 0.29) is 18.0 Å². The summed E-state index contributed by atoms with van der Waals surface area (Å²) in [5.41, 5.74) is 1.01. The van der Waals surface area contributed by atoms with E-state index in [4.69, 9.17) is 4.74 Å². The maximum atomic E-state index is 14.1. The summed E-state index contributed by atoms with van der Waals surface area (Å²) in [4.78, 5) is 15.9. The molecule has 4 aromatic rings. The van der Waals surface area contributed by atoms with Gasteiger partial charge >= 0.3 is 0 Å². The van der Waals surface area contributed by atoms with E-state index in [1.54, 1.807) is 30.5 Å². The number of rotatable bonds is 6. The summed E-state index contributed by atoms with van der Waals surface area (Å²) in [6, 6.07) is 15.8. The van der Waals surface area contributed by atoms with Crippen molar-refractivity contribution in [3.63, 3.8) is 0 Å². The molecule has 0 unspecified atom stereocenters. The first-order valence-corrected chi connectivity index (χ1v) is 9.66. The first-order valence-electron chi connectivity index (χ1n) is 9.66. The fraction of sp³-hybridized carbons (Fsp3) is 0.0400. The second-order valence-corrected chi connectivity index (χ2v) is 6.89. The highest BCUT2D eigenvalue weighted by Crippen LogP contribution is 2.32. The number of ether oxygens (including phenoxy) is 1. The highest BCUT2D eigenvalue weighted by molar-refractivity contribution is 5.91. The predicted octanol–water partition coefficient (Wildman–Crippen LogP) is 5.91. The van der Waals surface area contributed by atoms with Crippen LogP contribution in [0.3, 0.4) is 0 Å².